The van der Waals surface area contributed by atoms with E-state index in [0.29, 0.717) is 11.4 Å². The van der Waals surface area contributed by atoms with Crippen LogP contribution < -0.4 is 11.1 Å². The van der Waals surface area contributed by atoms with E-state index >= 15 is 0 Å². The van der Waals surface area contributed by atoms with Gasteiger partial charge in [-0.25, -0.2) is 61.8 Å². The molecule has 6 aromatic carbocycles. The van der Waals surface area contributed by atoms with Crippen LogP contribution in [0.5, 0.6) is 0 Å². The van der Waals surface area contributed by atoms with Gasteiger partial charge in [-0.3, -0.25) is 43.5 Å². The number of nitrogens with zero attached hydrogens (tertiary/aromatic N) is 13. The molecule has 107 heavy (non-hydrogen) atoms. The summed E-state index contributed by atoms with van der Waals surface area (Å²) in [5.41, 5.74) is 6.41. The van der Waals surface area contributed by atoms with Crippen LogP contribution in [0.3, 0.4) is 0 Å². The summed E-state index contributed by atoms with van der Waals surface area (Å²) in [5, 5.41) is 22.0. The molecule has 0 saturated carbocycles. The molecule has 14 rings (SSSR count). The van der Waals surface area contributed by atoms with Gasteiger partial charge in [0.05, 0.1) is 26.5 Å². The first kappa shape index (κ1) is 79.3. The van der Waals surface area contributed by atoms with E-state index in [4.69, 9.17) is 17.3 Å². The van der Waals surface area contributed by atoms with Crippen LogP contribution in [0, 0.1) is 49.3 Å². The molecule has 0 fully saturated rings. The number of carbonyl (C=O) groups is 2. The predicted molar refractivity (Wildman–Crippen MR) is 352 cm³/mol. The number of nitro groups is 2. The largest absolute Gasteiger partial charge is 0.450 e. The van der Waals surface area contributed by atoms with Crippen LogP contribution in [-0.2, 0) is 24.7 Å². The van der Waals surface area contributed by atoms with Crippen molar-refractivity contribution in [3.05, 3.63) is 291 Å². The lowest BCUT2D eigenvalue weighted by Crippen LogP contribution is -2.15. The Morgan fingerprint density at radius 1 is 0.449 bits per heavy atom. The predicted octanol–water partition coefficient (Wildman–Crippen LogP) is 18.0. The lowest BCUT2D eigenvalue weighted by Gasteiger charge is -2.12. The number of rotatable bonds is 8. The van der Waals surface area contributed by atoms with Gasteiger partial charge in [0, 0.05) is 77.5 Å². The second-order valence-corrected chi connectivity index (χ2v) is 21.2. The molecule has 14 aromatic rings. The summed E-state index contributed by atoms with van der Waals surface area (Å²) < 4.78 is 222. The van der Waals surface area contributed by atoms with Crippen LogP contribution in [0.15, 0.2) is 207 Å². The summed E-state index contributed by atoms with van der Waals surface area (Å²) in [5.74, 6) is -10.4. The maximum absolute atomic E-state index is 13.7. The van der Waals surface area contributed by atoms with E-state index in [9.17, 15) is 104 Å². The van der Waals surface area contributed by atoms with E-state index in [2.05, 4.69) is 50.2 Å². The zero-order valence-corrected chi connectivity index (χ0v) is 53.0. The molecule has 0 atom stereocenters. The van der Waals surface area contributed by atoms with Gasteiger partial charge < -0.3 is 16.0 Å². The first-order chi connectivity index (χ1) is 50.0. The smallest absolute Gasteiger partial charge is 0.399 e. The van der Waals surface area contributed by atoms with Gasteiger partial charge in [-0.05, 0) is 157 Å². The van der Waals surface area contributed by atoms with E-state index in [1.807, 2.05) is 0 Å². The Labute approximate surface area is 591 Å². The second kappa shape index (κ2) is 33.0. The van der Waals surface area contributed by atoms with E-state index < -0.39 is 109 Å². The Kier molecular flexibility index (Phi) is 24.4. The number of halogens is 18. The maximum atomic E-state index is 13.7. The van der Waals surface area contributed by atoms with E-state index in [-0.39, 0.29) is 80.5 Å². The van der Waals surface area contributed by atoms with Gasteiger partial charge >= 0.3 is 24.7 Å². The van der Waals surface area contributed by atoms with Crippen molar-refractivity contribution >= 4 is 90.2 Å². The minimum atomic E-state index is -4.72. The van der Waals surface area contributed by atoms with Gasteiger partial charge in [0.25, 0.3) is 22.5 Å². The Morgan fingerprint density at radius 2 is 0.813 bits per heavy atom. The number of anilines is 2. The number of H-pyrrole nitrogens is 1. The highest BCUT2D eigenvalue weighted by atomic mass is 35.5. The van der Waals surface area contributed by atoms with Crippen LogP contribution >= 0.6 is 11.6 Å². The number of nitrogens with one attached hydrogen (secondary N) is 2. The number of aromatic amines is 1. The lowest BCUT2D eigenvalue weighted by molar-refractivity contribution is -0.385. The molecule has 0 spiro atoms. The highest BCUT2D eigenvalue weighted by Gasteiger charge is 2.41. The minimum Gasteiger partial charge on any atom is -0.399 e. The second-order valence-electron chi connectivity index (χ2n) is 20.9. The van der Waals surface area contributed by atoms with Crippen molar-refractivity contribution in [3.8, 4) is 17.1 Å². The minimum absolute atomic E-state index is 0. The fourth-order valence-corrected chi connectivity index (χ4v) is 9.30. The molecule has 4 N–H and O–H groups in total. The van der Waals surface area contributed by atoms with Gasteiger partial charge in [0.15, 0.2) is 45.9 Å². The summed E-state index contributed by atoms with van der Waals surface area (Å²) in [6.45, 7) is 0. The van der Waals surface area contributed by atoms with Crippen LogP contribution in [-0.4, -0.2) is 79.6 Å². The molecular weight excluding hydrogens is 1480 g/mol. The highest BCUT2D eigenvalue weighted by molar-refractivity contribution is 6.67. The number of carbonyl (C=O) groups excluding carboxylic acids is 2. The van der Waals surface area contributed by atoms with Gasteiger partial charge in [0.2, 0.25) is 23.3 Å². The summed E-state index contributed by atoms with van der Waals surface area (Å²) in [4.78, 5) is 73.8. The molecule has 0 aliphatic heterocycles. The summed E-state index contributed by atoms with van der Waals surface area (Å²) in [6, 6.07) is 38.7. The van der Waals surface area contributed by atoms with Crippen LogP contribution in [0.2, 0.25) is 0 Å². The number of hydrogen-bond donors (Lipinski definition) is 3. The molecule has 8 aromatic heterocycles. The monoisotopic (exact) mass is 1520 g/mol. The molecule has 0 bridgehead atoms. The number of pyridine rings is 4. The standard InChI is InChI=1S/C20H11F5N4O.C13H7F3N4O2.C13H9F3N4.C7H3ClF2O.C7H4F3N3.C6H4FNO2.CH4/c21-14-4-1-3-13(16(14)22)18(30)27-11-6-8-12(9-7-11)29-17-15(5-2-10-26-17)28-19(29)20(23,24)25;14-13(15,16)12-18-10-2-1-7-17-11(10)19(12)8-3-5-9(6-4-8)20(21)22;14-13(15,16)12-19-10-2-1-7-18-11(10)20(12)9-5-3-8(17)4-6-9;8-7(11)4-2-1-3-5(9)6(4)10;8-7(9,10)6-12-4-2-1-3-11-5(4)13-6;7-5-1-3-6(4-2-5)8(9)10;/h1-10H,(H,27,30);1-7H;1-7H,17H2;1-3H;1-3H,(H,11,12,13);1-4H;1H4. The Hall–Kier alpha value is -13.4. The molecule has 0 saturated heterocycles. The lowest BCUT2D eigenvalue weighted by atomic mass is 10.2. The van der Waals surface area contributed by atoms with E-state index in [1.165, 1.54) is 134 Å². The molecule has 0 aliphatic carbocycles. The van der Waals surface area contributed by atoms with Crippen molar-refractivity contribution in [1.82, 2.24) is 58.6 Å². The van der Waals surface area contributed by atoms with Crippen LogP contribution in [0.25, 0.3) is 61.7 Å². The first-order valence-corrected chi connectivity index (χ1v) is 29.5. The maximum Gasteiger partial charge on any atom is 0.450 e. The SMILES string of the molecule is C.FC(F)(F)c1nc2ncccc2[nH]1.Nc1ccc(-n2c(C(F)(F)F)nc3cccnc32)cc1.O=C(Cl)c1cccc(F)c1F.O=C(Nc1ccc(-n2c(C(F)(F)F)nc3cccnc32)cc1)c1cccc(F)c1F.O=[N+]([O-])c1ccc(-n2c(C(F)(F)F)nc3cccnc32)cc1.O=[N+]([O-])c1ccc(F)cc1. The van der Waals surface area contributed by atoms with Crippen molar-refractivity contribution in [3.63, 3.8) is 0 Å². The van der Waals surface area contributed by atoms with Crippen molar-refractivity contribution in [2.24, 2.45) is 0 Å². The number of alkyl halides is 12. The quantitative estimate of drug-likeness (QED) is 0.0419. The molecule has 40 heteroatoms. The number of nitrogen functional groups attached to an aromatic ring is 1. The number of hydrogen-bond acceptors (Lipinski definition) is 15. The molecular formula is C67H42ClF17N16O6. The average molecular weight is 1530 g/mol. The Bertz CT molecular complexity index is 5470. The number of nitrogens with two attached hydrogens (primary N) is 1. The average Bonchev–Trinajstić information content (AvgIpc) is 1.63. The van der Waals surface area contributed by atoms with Gasteiger partial charge in [-0.15, -0.1) is 0 Å². The van der Waals surface area contributed by atoms with Crippen molar-refractivity contribution < 1.29 is 94.1 Å². The molecule has 8 heterocycles. The number of amides is 1. The number of fused-ring (bicyclic) bond motifs is 4. The topological polar surface area (TPSA) is 292 Å². The zero-order valence-electron chi connectivity index (χ0n) is 52.3. The van der Waals surface area contributed by atoms with Gasteiger partial charge in [-0.1, -0.05) is 19.6 Å². The van der Waals surface area contributed by atoms with Crippen molar-refractivity contribution in [2.45, 2.75) is 32.1 Å². The summed E-state index contributed by atoms with van der Waals surface area (Å²) in [6.07, 6.45) is -12.9. The molecule has 0 aliphatic rings. The van der Waals surface area contributed by atoms with Crippen LogP contribution in [0.4, 0.5) is 97.4 Å². The molecule has 22 nitrogen and oxygen atoms in total. The Morgan fingerprint density at radius 3 is 1.19 bits per heavy atom. The van der Waals surface area contributed by atoms with Gasteiger partial charge in [0.1, 0.15) is 22.4 Å². The molecule has 0 radical (unpaired) electrons. The number of benzene rings is 6. The first-order valence-electron chi connectivity index (χ1n) is 29.1. The van der Waals surface area contributed by atoms with Crippen molar-refractivity contribution in [2.75, 3.05) is 11.1 Å². The third-order valence-electron chi connectivity index (χ3n) is 13.8. The third-order valence-corrected chi connectivity index (χ3v) is 14.0. The molecule has 0 unspecified atom stereocenters. The normalized spacial score (nSPS) is 11.3. The molecule has 552 valence electrons. The third kappa shape index (κ3) is 19.3. The highest BCUT2D eigenvalue weighted by Crippen LogP contribution is 2.37. The number of aromatic nitrogens is 12. The van der Waals surface area contributed by atoms with E-state index in [1.54, 1.807) is 12.1 Å². The number of imidazole rings is 4. The number of non-ortho nitro benzene ring substituents is 2. The van der Waals surface area contributed by atoms with Crippen molar-refractivity contribution in [1.29, 1.82) is 0 Å². The number of nitro benzene ring substituents is 2. The summed E-state index contributed by atoms with van der Waals surface area (Å²) >= 11 is 4.93. The fraction of sp³-hybridized carbons (Fsp3) is 0.0746. The summed E-state index contributed by atoms with van der Waals surface area (Å²) in [7, 11) is 0. The zero-order chi connectivity index (χ0) is 77.2. The fourth-order valence-electron chi connectivity index (χ4n) is 9.16. The Balaban J connectivity index is 0.000000169. The van der Waals surface area contributed by atoms with E-state index in [0.717, 1.165) is 74.4 Å². The molecule has 1 amide bonds. The van der Waals surface area contributed by atoms with Crippen LogP contribution in [0.1, 0.15) is 51.4 Å². The van der Waals surface area contributed by atoms with Gasteiger partial charge in [-0.2, -0.15) is 52.7 Å².